The van der Waals surface area contributed by atoms with E-state index in [-0.39, 0.29) is 17.4 Å². The normalized spacial score (nSPS) is 11.0. The average Bonchev–Trinajstić information content (AvgIpc) is 2.53. The number of alkyl halides is 3. The summed E-state index contributed by atoms with van der Waals surface area (Å²) in [5.41, 5.74) is -1.03. The minimum Gasteiger partial charge on any atom is -0.423 e. The maximum atomic E-state index is 12.7. The average molecular weight is 376 g/mol. The van der Waals surface area contributed by atoms with Crippen LogP contribution in [0.2, 0.25) is 5.02 Å². The van der Waals surface area contributed by atoms with Gasteiger partial charge in [0.05, 0.1) is 16.1 Å². The van der Waals surface area contributed by atoms with E-state index in [0.717, 1.165) is 12.1 Å². The Balaban J connectivity index is 2.13. The van der Waals surface area contributed by atoms with Crippen LogP contribution in [0.5, 0.6) is 5.75 Å². The Kier molecular flexibility index (Phi) is 5.48. The molecule has 0 saturated heterocycles. The molecule has 0 aliphatic heterocycles. The molecule has 6 nitrogen and oxygen atoms in total. The van der Waals surface area contributed by atoms with Crippen molar-refractivity contribution in [2.75, 3.05) is 0 Å². The van der Waals surface area contributed by atoms with Gasteiger partial charge in [-0.2, -0.15) is 13.2 Å². The smallest absolute Gasteiger partial charge is 0.416 e. The Hall–Kier alpha value is -2.81. The lowest BCUT2D eigenvalue weighted by molar-refractivity contribution is -0.763. The van der Waals surface area contributed by atoms with Gasteiger partial charge < -0.3 is 9.57 Å². The van der Waals surface area contributed by atoms with E-state index in [9.17, 15) is 28.1 Å². The van der Waals surface area contributed by atoms with Crippen LogP contribution in [-0.2, 0) is 17.6 Å². The van der Waals surface area contributed by atoms with E-state index in [1.807, 2.05) is 0 Å². The molecule has 0 fully saturated rings. The predicted octanol–water partition coefficient (Wildman–Crippen LogP) is 4.29. The van der Waals surface area contributed by atoms with Crippen molar-refractivity contribution in [3.63, 3.8) is 0 Å². The summed E-state index contributed by atoms with van der Waals surface area (Å²) in [5, 5.41) is 8.95. The first-order valence-electron chi connectivity index (χ1n) is 6.62. The Morgan fingerprint density at radius 3 is 2.36 bits per heavy atom. The van der Waals surface area contributed by atoms with Gasteiger partial charge in [0.25, 0.3) is 5.09 Å². The van der Waals surface area contributed by atoms with Crippen LogP contribution in [0.1, 0.15) is 21.5 Å². The van der Waals surface area contributed by atoms with Crippen LogP contribution >= 0.6 is 11.6 Å². The number of rotatable bonds is 5. The molecule has 0 spiro atoms. The first kappa shape index (κ1) is 18.5. The number of hydrogen-bond acceptors (Lipinski definition) is 5. The van der Waals surface area contributed by atoms with Crippen molar-refractivity contribution in [2.24, 2.45) is 0 Å². The maximum Gasteiger partial charge on any atom is 0.416 e. The molecule has 10 heteroatoms. The molecular weight excluding hydrogens is 367 g/mol. The van der Waals surface area contributed by atoms with Crippen LogP contribution in [0.4, 0.5) is 13.2 Å². The minimum absolute atomic E-state index is 0.0309. The van der Waals surface area contributed by atoms with Gasteiger partial charge in [0.2, 0.25) is 0 Å². The molecule has 0 aromatic heterocycles. The summed E-state index contributed by atoms with van der Waals surface area (Å²) in [4.78, 5) is 26.3. The van der Waals surface area contributed by atoms with E-state index in [1.165, 1.54) is 24.3 Å². The number of benzene rings is 2. The summed E-state index contributed by atoms with van der Waals surface area (Å²) >= 11 is 5.75. The van der Waals surface area contributed by atoms with E-state index >= 15 is 0 Å². The molecule has 2 aromatic rings. The van der Waals surface area contributed by atoms with Gasteiger partial charge in [-0.1, -0.05) is 23.7 Å². The highest BCUT2D eigenvalue weighted by atomic mass is 35.5. The van der Waals surface area contributed by atoms with Gasteiger partial charge >= 0.3 is 12.1 Å². The zero-order valence-corrected chi connectivity index (χ0v) is 13.0. The summed E-state index contributed by atoms with van der Waals surface area (Å²) in [6, 6.07) is 7.75. The molecule has 0 amide bonds. The summed E-state index contributed by atoms with van der Waals surface area (Å²) in [5.74, 6) is -1.03. The molecule has 25 heavy (non-hydrogen) atoms. The highest BCUT2D eigenvalue weighted by Crippen LogP contribution is 2.32. The Morgan fingerprint density at radius 1 is 1.16 bits per heavy atom. The molecule has 0 saturated carbocycles. The molecule has 0 aliphatic carbocycles. The van der Waals surface area contributed by atoms with Gasteiger partial charge in [0, 0.05) is 0 Å². The van der Waals surface area contributed by atoms with E-state index < -0.39 is 28.4 Å². The fourth-order valence-corrected chi connectivity index (χ4v) is 2.00. The largest absolute Gasteiger partial charge is 0.423 e. The predicted molar refractivity (Wildman–Crippen MR) is 79.6 cm³/mol. The molecule has 0 heterocycles. The third-order valence-electron chi connectivity index (χ3n) is 2.98. The van der Waals surface area contributed by atoms with Crippen LogP contribution < -0.4 is 4.74 Å². The lowest BCUT2D eigenvalue weighted by atomic mass is 10.1. The van der Waals surface area contributed by atoms with Gasteiger partial charge in [0.1, 0.15) is 12.4 Å². The van der Waals surface area contributed by atoms with Crippen LogP contribution in [0.3, 0.4) is 0 Å². The monoisotopic (exact) mass is 375 g/mol. The van der Waals surface area contributed by atoms with Gasteiger partial charge in [-0.25, -0.2) is 4.79 Å². The van der Waals surface area contributed by atoms with Crippen LogP contribution in [-0.4, -0.2) is 11.1 Å². The van der Waals surface area contributed by atoms with E-state index in [1.54, 1.807) is 0 Å². The molecule has 0 unspecified atom stereocenters. The van der Waals surface area contributed by atoms with Crippen LogP contribution in [0.25, 0.3) is 0 Å². The topological polar surface area (TPSA) is 78.7 Å². The molecule has 0 N–H and O–H groups in total. The summed E-state index contributed by atoms with van der Waals surface area (Å²) in [6.07, 6.45) is -4.63. The van der Waals surface area contributed by atoms with Gasteiger partial charge in [-0.15, -0.1) is 10.1 Å². The van der Waals surface area contributed by atoms with Crippen molar-refractivity contribution in [2.45, 2.75) is 12.8 Å². The Bertz CT molecular complexity index is 793. The first-order chi connectivity index (χ1) is 11.7. The second-order valence-electron chi connectivity index (χ2n) is 4.72. The molecule has 0 aliphatic rings. The van der Waals surface area contributed by atoms with Gasteiger partial charge in [0.15, 0.2) is 0 Å². The number of ether oxygens (including phenoxy) is 1. The summed E-state index contributed by atoms with van der Waals surface area (Å²) in [6.45, 7) is -0.291. The third kappa shape index (κ3) is 5.08. The zero-order valence-electron chi connectivity index (χ0n) is 12.2. The molecule has 2 rings (SSSR count). The second-order valence-corrected chi connectivity index (χ2v) is 5.13. The van der Waals surface area contributed by atoms with Crippen molar-refractivity contribution in [1.29, 1.82) is 0 Å². The minimum atomic E-state index is -4.63. The second kappa shape index (κ2) is 7.39. The van der Waals surface area contributed by atoms with Gasteiger partial charge in [-0.3, -0.25) is 0 Å². The molecule has 0 atom stereocenters. The van der Waals surface area contributed by atoms with Crippen molar-refractivity contribution < 1.29 is 32.6 Å². The number of esters is 1. The molecule has 2 aromatic carbocycles. The first-order valence-corrected chi connectivity index (χ1v) is 7.00. The third-order valence-corrected chi connectivity index (χ3v) is 3.31. The van der Waals surface area contributed by atoms with Crippen LogP contribution in [0.15, 0.2) is 42.5 Å². The number of carbonyl (C=O) groups excluding carboxylic acids is 1. The fraction of sp³-hybridized carbons (Fsp3) is 0.133. The SMILES string of the molecule is O=C(Oc1ccc(CO[N+](=O)[O-])cc1)c1cc(C(F)(F)F)ccc1Cl. The summed E-state index contributed by atoms with van der Waals surface area (Å²) in [7, 11) is 0. The fourth-order valence-electron chi connectivity index (χ4n) is 1.80. The summed E-state index contributed by atoms with van der Waals surface area (Å²) < 4.78 is 43.1. The van der Waals surface area contributed by atoms with Crippen molar-refractivity contribution in [3.05, 3.63) is 74.3 Å². The van der Waals surface area contributed by atoms with Crippen molar-refractivity contribution in [1.82, 2.24) is 0 Å². The molecule has 0 bridgehead atoms. The Labute approximate surface area is 143 Å². The number of halogens is 4. The standard InChI is InChI=1S/C15H9ClF3NO5/c16-13-6-3-10(15(17,18)19)7-12(13)14(21)25-11-4-1-9(2-5-11)8-24-20(22)23/h1-7H,8H2. The molecule has 0 radical (unpaired) electrons. The quantitative estimate of drug-likeness (QED) is 0.337. The van der Waals surface area contributed by atoms with Crippen molar-refractivity contribution in [3.8, 4) is 5.75 Å². The highest BCUT2D eigenvalue weighted by Gasteiger charge is 2.32. The van der Waals surface area contributed by atoms with E-state index in [4.69, 9.17) is 16.3 Å². The van der Waals surface area contributed by atoms with E-state index in [0.29, 0.717) is 11.6 Å². The van der Waals surface area contributed by atoms with E-state index in [2.05, 4.69) is 4.84 Å². The lowest BCUT2D eigenvalue weighted by Crippen LogP contribution is -2.12. The Morgan fingerprint density at radius 2 is 1.80 bits per heavy atom. The number of carbonyl (C=O) groups is 1. The number of nitrogens with zero attached hydrogens (tertiary/aromatic N) is 1. The van der Waals surface area contributed by atoms with Crippen molar-refractivity contribution >= 4 is 17.6 Å². The maximum absolute atomic E-state index is 12.7. The van der Waals surface area contributed by atoms with Gasteiger partial charge in [-0.05, 0) is 35.9 Å². The number of hydrogen-bond donors (Lipinski definition) is 0. The zero-order chi connectivity index (χ0) is 18.6. The highest BCUT2D eigenvalue weighted by molar-refractivity contribution is 6.33. The lowest BCUT2D eigenvalue weighted by Gasteiger charge is -2.10. The molecular formula is C15H9ClF3NO5. The van der Waals surface area contributed by atoms with Crippen LogP contribution in [0, 0.1) is 10.1 Å². The molecule has 132 valence electrons.